The monoisotopic (exact) mass is 436 g/mol. The van der Waals surface area contributed by atoms with Gasteiger partial charge in [-0.25, -0.2) is 9.59 Å². The van der Waals surface area contributed by atoms with Crippen molar-refractivity contribution in [3.8, 4) is 11.1 Å². The zero-order valence-corrected chi connectivity index (χ0v) is 18.2. The predicted molar refractivity (Wildman–Crippen MR) is 121 cm³/mol. The van der Waals surface area contributed by atoms with Crippen molar-refractivity contribution in [1.29, 1.82) is 0 Å². The number of carbonyl (C=O) groups excluding carboxylic acids is 2. The van der Waals surface area contributed by atoms with Gasteiger partial charge in [0.25, 0.3) is 0 Å². The Balaban J connectivity index is 1.66. The molecule has 168 valence electrons. The summed E-state index contributed by atoms with van der Waals surface area (Å²) in [6.45, 7) is 7.16. The second kappa shape index (κ2) is 10.1. The highest BCUT2D eigenvalue weighted by Crippen LogP contribution is 2.44. The fourth-order valence-electron chi connectivity index (χ4n) is 3.95. The van der Waals surface area contributed by atoms with Crippen LogP contribution in [-0.4, -0.2) is 41.8 Å². The Morgan fingerprint density at radius 2 is 1.59 bits per heavy atom. The number of hydrogen-bond donors (Lipinski definition) is 3. The number of ether oxygens (including phenoxy) is 1. The molecule has 1 unspecified atom stereocenters. The molecule has 1 aliphatic carbocycles. The molecule has 3 rings (SSSR count). The third-order valence-electron chi connectivity index (χ3n) is 5.58. The summed E-state index contributed by atoms with van der Waals surface area (Å²) in [5.74, 6) is -2.11. The SMILES string of the molecule is C=CCC(NC(=O)[C@H](NC(=O)OCC1c2ccccc2-c2ccccc21)C(C)C)C(=O)O. The number of nitrogens with one attached hydrogen (secondary N) is 2. The molecule has 0 fully saturated rings. The Morgan fingerprint density at radius 1 is 1.03 bits per heavy atom. The number of carboxylic acid groups (broad SMARTS) is 1. The van der Waals surface area contributed by atoms with Crippen molar-refractivity contribution in [3.05, 3.63) is 72.3 Å². The Morgan fingerprint density at radius 3 is 2.09 bits per heavy atom. The quantitative estimate of drug-likeness (QED) is 0.520. The van der Waals surface area contributed by atoms with E-state index in [0.29, 0.717) is 0 Å². The van der Waals surface area contributed by atoms with E-state index >= 15 is 0 Å². The topological polar surface area (TPSA) is 105 Å². The largest absolute Gasteiger partial charge is 0.480 e. The van der Waals surface area contributed by atoms with Crippen LogP contribution in [0.5, 0.6) is 0 Å². The highest BCUT2D eigenvalue weighted by Gasteiger charge is 2.31. The molecular weight excluding hydrogens is 408 g/mol. The molecule has 2 aromatic carbocycles. The van der Waals surface area contributed by atoms with E-state index in [1.54, 1.807) is 13.8 Å². The third-order valence-corrected chi connectivity index (χ3v) is 5.58. The fourth-order valence-corrected chi connectivity index (χ4v) is 3.95. The number of carbonyl (C=O) groups is 3. The Hall–Kier alpha value is -3.61. The van der Waals surface area contributed by atoms with E-state index in [-0.39, 0.29) is 24.9 Å². The summed E-state index contributed by atoms with van der Waals surface area (Å²) in [5.41, 5.74) is 4.43. The summed E-state index contributed by atoms with van der Waals surface area (Å²) in [7, 11) is 0. The van der Waals surface area contributed by atoms with Crippen molar-refractivity contribution >= 4 is 18.0 Å². The van der Waals surface area contributed by atoms with Crippen molar-refractivity contribution in [1.82, 2.24) is 10.6 Å². The molecule has 2 atom stereocenters. The molecule has 1 aliphatic rings. The van der Waals surface area contributed by atoms with Gasteiger partial charge in [-0.05, 0) is 34.6 Å². The molecule has 0 aromatic heterocycles. The second-order valence-corrected chi connectivity index (χ2v) is 8.12. The van der Waals surface area contributed by atoms with Crippen LogP contribution in [0.15, 0.2) is 61.2 Å². The summed E-state index contributed by atoms with van der Waals surface area (Å²) >= 11 is 0. The average molecular weight is 437 g/mol. The lowest BCUT2D eigenvalue weighted by atomic mass is 9.98. The van der Waals surface area contributed by atoms with Crippen LogP contribution in [0.25, 0.3) is 11.1 Å². The van der Waals surface area contributed by atoms with Crippen molar-refractivity contribution in [3.63, 3.8) is 0 Å². The third kappa shape index (κ3) is 4.99. The molecule has 0 bridgehead atoms. The second-order valence-electron chi connectivity index (χ2n) is 8.12. The lowest BCUT2D eigenvalue weighted by Crippen LogP contribution is -2.53. The van der Waals surface area contributed by atoms with Gasteiger partial charge in [0.2, 0.25) is 5.91 Å². The van der Waals surface area contributed by atoms with E-state index in [1.165, 1.54) is 6.08 Å². The van der Waals surface area contributed by atoms with E-state index in [0.717, 1.165) is 22.3 Å². The molecule has 3 N–H and O–H groups in total. The molecule has 2 amide bonds. The first-order valence-electron chi connectivity index (χ1n) is 10.6. The van der Waals surface area contributed by atoms with Crippen molar-refractivity contribution in [2.24, 2.45) is 5.92 Å². The van der Waals surface area contributed by atoms with Crippen LogP contribution in [0.2, 0.25) is 0 Å². The average Bonchev–Trinajstić information content (AvgIpc) is 3.09. The van der Waals surface area contributed by atoms with E-state index in [2.05, 4.69) is 29.3 Å². The summed E-state index contributed by atoms with van der Waals surface area (Å²) in [6, 6.07) is 14.0. The van der Waals surface area contributed by atoms with Gasteiger partial charge in [0.05, 0.1) is 0 Å². The van der Waals surface area contributed by atoms with E-state index in [4.69, 9.17) is 4.74 Å². The van der Waals surface area contributed by atoms with Crippen LogP contribution in [-0.2, 0) is 14.3 Å². The first kappa shape index (κ1) is 23.1. The van der Waals surface area contributed by atoms with E-state index in [9.17, 15) is 19.5 Å². The molecule has 7 nitrogen and oxygen atoms in total. The number of benzene rings is 2. The normalized spacial score (nSPS) is 14.1. The summed E-state index contributed by atoms with van der Waals surface area (Å²) in [6.07, 6.45) is 0.774. The summed E-state index contributed by atoms with van der Waals surface area (Å²) < 4.78 is 5.51. The van der Waals surface area contributed by atoms with Gasteiger partial charge in [0.1, 0.15) is 18.7 Å². The summed E-state index contributed by atoms with van der Waals surface area (Å²) in [5, 5.41) is 14.3. The Bertz CT molecular complexity index is 971. The van der Waals surface area contributed by atoms with Crippen LogP contribution in [0.1, 0.15) is 37.3 Å². The molecule has 0 aliphatic heterocycles. The number of aliphatic carboxylic acids is 1. The van der Waals surface area contributed by atoms with Gasteiger partial charge in [-0.2, -0.15) is 0 Å². The number of rotatable bonds is 9. The van der Waals surface area contributed by atoms with Crippen LogP contribution < -0.4 is 10.6 Å². The van der Waals surface area contributed by atoms with Gasteiger partial charge in [0, 0.05) is 5.92 Å². The van der Waals surface area contributed by atoms with Crippen molar-refractivity contribution < 1.29 is 24.2 Å². The molecule has 32 heavy (non-hydrogen) atoms. The zero-order chi connectivity index (χ0) is 23.3. The van der Waals surface area contributed by atoms with Crippen LogP contribution in [0.4, 0.5) is 4.79 Å². The van der Waals surface area contributed by atoms with E-state index in [1.807, 2.05) is 36.4 Å². The Labute approximate surface area is 187 Å². The van der Waals surface area contributed by atoms with Crippen molar-refractivity contribution in [2.45, 2.75) is 38.3 Å². The molecule has 7 heteroatoms. The minimum absolute atomic E-state index is 0.0802. The number of fused-ring (bicyclic) bond motifs is 3. The lowest BCUT2D eigenvalue weighted by Gasteiger charge is -2.24. The molecular formula is C25H28N2O5. The number of carboxylic acids is 1. The molecule has 2 aromatic rings. The van der Waals surface area contributed by atoms with Crippen molar-refractivity contribution in [2.75, 3.05) is 6.61 Å². The van der Waals surface area contributed by atoms with Gasteiger partial charge < -0.3 is 20.5 Å². The first-order chi connectivity index (χ1) is 15.3. The Kier molecular flexibility index (Phi) is 7.30. The minimum Gasteiger partial charge on any atom is -0.480 e. The first-order valence-corrected chi connectivity index (χ1v) is 10.6. The van der Waals surface area contributed by atoms with Gasteiger partial charge in [-0.3, -0.25) is 4.79 Å². The molecule has 0 heterocycles. The molecule has 0 spiro atoms. The van der Waals surface area contributed by atoms with Gasteiger partial charge in [0.15, 0.2) is 0 Å². The standard InChI is InChI=1S/C25H28N2O5/c1-4-9-21(24(29)30)26-23(28)22(15(2)3)27-25(31)32-14-20-18-12-7-5-10-16(18)17-11-6-8-13-19(17)20/h4-8,10-13,15,20-22H,1,9,14H2,2-3H3,(H,26,28)(H,27,31)(H,29,30)/t21?,22-/m1/s1. The molecule has 0 saturated heterocycles. The minimum atomic E-state index is -1.16. The molecule has 0 saturated carbocycles. The highest BCUT2D eigenvalue weighted by atomic mass is 16.5. The summed E-state index contributed by atoms with van der Waals surface area (Å²) in [4.78, 5) is 36.5. The van der Waals surface area contributed by atoms with E-state index < -0.39 is 30.1 Å². The van der Waals surface area contributed by atoms with Crippen LogP contribution >= 0.6 is 0 Å². The molecule has 0 radical (unpaired) electrons. The number of hydrogen-bond acceptors (Lipinski definition) is 4. The fraction of sp³-hybridized carbons (Fsp3) is 0.320. The lowest BCUT2D eigenvalue weighted by molar-refractivity contribution is -0.142. The van der Waals surface area contributed by atoms with Crippen LogP contribution in [0, 0.1) is 5.92 Å². The maximum Gasteiger partial charge on any atom is 0.407 e. The number of alkyl carbamates (subject to hydrolysis) is 1. The smallest absolute Gasteiger partial charge is 0.407 e. The predicted octanol–water partition coefficient (Wildman–Crippen LogP) is 3.70. The van der Waals surface area contributed by atoms with Gasteiger partial charge in [-0.15, -0.1) is 6.58 Å². The van der Waals surface area contributed by atoms with Gasteiger partial charge >= 0.3 is 12.1 Å². The highest BCUT2D eigenvalue weighted by molar-refractivity contribution is 5.89. The van der Waals surface area contributed by atoms with Gasteiger partial charge in [-0.1, -0.05) is 68.5 Å². The van der Waals surface area contributed by atoms with Crippen LogP contribution in [0.3, 0.4) is 0 Å². The number of amides is 2. The maximum atomic E-state index is 12.6. The zero-order valence-electron chi connectivity index (χ0n) is 18.2. The maximum absolute atomic E-state index is 12.6.